The Bertz CT molecular complexity index is 309. The van der Waals surface area contributed by atoms with Gasteiger partial charge < -0.3 is 0 Å². The maximum atomic E-state index is 12.1. The zero-order valence-corrected chi connectivity index (χ0v) is 10.2. The summed E-state index contributed by atoms with van der Waals surface area (Å²) in [6, 6.07) is 0.270. The van der Waals surface area contributed by atoms with E-state index in [0.29, 0.717) is 6.54 Å². The summed E-state index contributed by atoms with van der Waals surface area (Å²) in [6.45, 7) is 1.39. The van der Waals surface area contributed by atoms with Crippen LogP contribution in [0.5, 0.6) is 0 Å². The van der Waals surface area contributed by atoms with Gasteiger partial charge in [-0.2, -0.15) is 17.0 Å². The molecule has 0 N–H and O–H groups in total. The lowest BCUT2D eigenvalue weighted by molar-refractivity contribution is 0.213. The molecule has 0 aromatic carbocycles. The highest BCUT2D eigenvalue weighted by Crippen LogP contribution is 2.27. The Kier molecular flexibility index (Phi) is 3.33. The van der Waals surface area contributed by atoms with Crippen molar-refractivity contribution >= 4 is 10.2 Å². The van der Waals surface area contributed by atoms with Gasteiger partial charge in [0.05, 0.1) is 0 Å². The Labute approximate surface area is 92.4 Å². The van der Waals surface area contributed by atoms with Crippen LogP contribution < -0.4 is 0 Å². The van der Waals surface area contributed by atoms with Gasteiger partial charge >= 0.3 is 0 Å². The zero-order chi connectivity index (χ0) is 10.9. The monoisotopic (exact) mass is 232 g/mol. The van der Waals surface area contributed by atoms with Crippen LogP contribution in [0.15, 0.2) is 0 Å². The summed E-state index contributed by atoms with van der Waals surface area (Å²) in [5, 5.41) is 0. The number of rotatable bonds is 1. The molecule has 15 heavy (non-hydrogen) atoms. The molecule has 1 saturated heterocycles. The zero-order valence-electron chi connectivity index (χ0n) is 9.35. The number of hydrogen-bond acceptors (Lipinski definition) is 2. The maximum Gasteiger partial charge on any atom is 0.281 e. The third kappa shape index (κ3) is 2.19. The lowest BCUT2D eigenvalue weighted by Gasteiger charge is -2.39. The quantitative estimate of drug-likeness (QED) is 0.681. The minimum absolute atomic E-state index is 0.270. The molecule has 88 valence electrons. The number of nitrogens with zero attached hydrogens (tertiary/aromatic N) is 2. The van der Waals surface area contributed by atoms with Crippen molar-refractivity contribution < 1.29 is 8.42 Å². The van der Waals surface area contributed by atoms with E-state index in [4.69, 9.17) is 0 Å². The van der Waals surface area contributed by atoms with Gasteiger partial charge in [0.2, 0.25) is 0 Å². The standard InChI is InChI=1S/C10H20N2O2S/c1-11-8-5-9-12(15(11,13)14)10-6-3-2-4-7-10/h10H,2-9H2,1H3. The highest BCUT2D eigenvalue weighted by molar-refractivity contribution is 7.86. The van der Waals surface area contributed by atoms with E-state index in [-0.39, 0.29) is 6.04 Å². The molecule has 0 amide bonds. The predicted octanol–water partition coefficient (Wildman–Crippen LogP) is 1.20. The highest BCUT2D eigenvalue weighted by atomic mass is 32.2. The van der Waals surface area contributed by atoms with Crippen LogP contribution in [0.25, 0.3) is 0 Å². The van der Waals surface area contributed by atoms with Crippen LogP contribution >= 0.6 is 0 Å². The molecular formula is C10H20N2O2S. The molecule has 0 radical (unpaired) electrons. The van der Waals surface area contributed by atoms with Crippen molar-refractivity contribution in [1.29, 1.82) is 0 Å². The molecule has 0 atom stereocenters. The SMILES string of the molecule is CN1CCCN(C2CCCCC2)S1(=O)=O. The van der Waals surface area contributed by atoms with Crippen LogP contribution in [0, 0.1) is 0 Å². The molecule has 1 aliphatic carbocycles. The van der Waals surface area contributed by atoms with Crippen molar-refractivity contribution in [1.82, 2.24) is 8.61 Å². The fourth-order valence-electron chi connectivity index (χ4n) is 2.60. The molecule has 0 aromatic heterocycles. The first-order chi connectivity index (χ1) is 7.12. The molecule has 2 fully saturated rings. The fraction of sp³-hybridized carbons (Fsp3) is 1.00. The van der Waals surface area contributed by atoms with Crippen molar-refractivity contribution in [2.45, 2.75) is 44.6 Å². The maximum absolute atomic E-state index is 12.1. The molecule has 1 saturated carbocycles. The lowest BCUT2D eigenvalue weighted by Crippen LogP contribution is -2.52. The second-order valence-corrected chi connectivity index (χ2v) is 6.57. The molecule has 0 spiro atoms. The molecule has 5 heteroatoms. The van der Waals surface area contributed by atoms with Gasteiger partial charge in [0, 0.05) is 26.2 Å². The molecule has 1 aliphatic heterocycles. The van der Waals surface area contributed by atoms with Gasteiger partial charge in [-0.25, -0.2) is 0 Å². The molecule has 0 aromatic rings. The minimum atomic E-state index is -3.14. The second-order valence-electron chi connectivity index (χ2n) is 4.59. The average Bonchev–Trinajstić information content (AvgIpc) is 2.23. The van der Waals surface area contributed by atoms with Crippen LogP contribution in [0.4, 0.5) is 0 Å². The largest absolute Gasteiger partial charge is 0.281 e. The van der Waals surface area contributed by atoms with Crippen molar-refractivity contribution in [2.75, 3.05) is 20.1 Å². The smallest absolute Gasteiger partial charge is 0.195 e. The molecule has 2 aliphatic rings. The Morgan fingerprint density at radius 2 is 1.67 bits per heavy atom. The molecule has 4 nitrogen and oxygen atoms in total. The minimum Gasteiger partial charge on any atom is -0.195 e. The summed E-state index contributed by atoms with van der Waals surface area (Å²) in [6.07, 6.45) is 6.69. The van der Waals surface area contributed by atoms with E-state index in [2.05, 4.69) is 0 Å². The van der Waals surface area contributed by atoms with Crippen LogP contribution in [-0.2, 0) is 10.2 Å². The van der Waals surface area contributed by atoms with E-state index in [1.54, 1.807) is 11.4 Å². The van der Waals surface area contributed by atoms with Crippen LogP contribution in [0.3, 0.4) is 0 Å². The topological polar surface area (TPSA) is 40.6 Å². The van der Waals surface area contributed by atoms with E-state index in [9.17, 15) is 8.42 Å². The summed E-state index contributed by atoms with van der Waals surface area (Å²) in [5.74, 6) is 0. The summed E-state index contributed by atoms with van der Waals surface area (Å²) in [7, 11) is -1.45. The Morgan fingerprint density at radius 3 is 2.33 bits per heavy atom. The van der Waals surface area contributed by atoms with Gasteiger partial charge in [-0.05, 0) is 19.3 Å². The first-order valence-electron chi connectivity index (χ1n) is 5.85. The van der Waals surface area contributed by atoms with Crippen LogP contribution in [-0.4, -0.2) is 43.2 Å². The fourth-order valence-corrected chi connectivity index (χ4v) is 4.26. The highest BCUT2D eigenvalue weighted by Gasteiger charge is 2.36. The molecule has 0 unspecified atom stereocenters. The van der Waals surface area contributed by atoms with E-state index < -0.39 is 10.2 Å². The Hall–Kier alpha value is -0.130. The van der Waals surface area contributed by atoms with E-state index in [0.717, 1.165) is 25.8 Å². The van der Waals surface area contributed by atoms with Gasteiger partial charge in [0.25, 0.3) is 10.2 Å². The van der Waals surface area contributed by atoms with E-state index >= 15 is 0 Å². The van der Waals surface area contributed by atoms with Crippen molar-refractivity contribution in [3.05, 3.63) is 0 Å². The van der Waals surface area contributed by atoms with Gasteiger partial charge in [-0.3, -0.25) is 0 Å². The van der Waals surface area contributed by atoms with Crippen molar-refractivity contribution in [3.8, 4) is 0 Å². The van der Waals surface area contributed by atoms with Gasteiger partial charge in [0.1, 0.15) is 0 Å². The average molecular weight is 232 g/mol. The normalized spacial score (nSPS) is 30.5. The molecule has 2 rings (SSSR count). The first kappa shape index (κ1) is 11.4. The molecule has 0 bridgehead atoms. The van der Waals surface area contributed by atoms with Crippen LogP contribution in [0.2, 0.25) is 0 Å². The van der Waals surface area contributed by atoms with Crippen molar-refractivity contribution in [3.63, 3.8) is 0 Å². The molecule has 1 heterocycles. The predicted molar refractivity (Wildman–Crippen MR) is 59.7 cm³/mol. The van der Waals surface area contributed by atoms with Crippen LogP contribution in [0.1, 0.15) is 38.5 Å². The van der Waals surface area contributed by atoms with Crippen molar-refractivity contribution in [2.24, 2.45) is 0 Å². The number of hydrogen-bond donors (Lipinski definition) is 0. The summed E-state index contributed by atoms with van der Waals surface area (Å²) >= 11 is 0. The Balaban J connectivity index is 2.12. The molecular weight excluding hydrogens is 212 g/mol. The van der Waals surface area contributed by atoms with E-state index in [1.165, 1.54) is 23.6 Å². The third-order valence-electron chi connectivity index (χ3n) is 3.52. The van der Waals surface area contributed by atoms with E-state index in [1.807, 2.05) is 0 Å². The summed E-state index contributed by atoms with van der Waals surface area (Å²) in [4.78, 5) is 0. The van der Waals surface area contributed by atoms with Gasteiger partial charge in [-0.1, -0.05) is 19.3 Å². The first-order valence-corrected chi connectivity index (χ1v) is 7.25. The third-order valence-corrected chi connectivity index (χ3v) is 5.57. The summed E-state index contributed by atoms with van der Waals surface area (Å²) in [5.41, 5.74) is 0. The lowest BCUT2D eigenvalue weighted by atomic mass is 9.95. The Morgan fingerprint density at radius 1 is 1.00 bits per heavy atom. The van der Waals surface area contributed by atoms with Gasteiger partial charge in [0.15, 0.2) is 0 Å². The second kappa shape index (κ2) is 4.39. The van der Waals surface area contributed by atoms with Gasteiger partial charge in [-0.15, -0.1) is 0 Å². The summed E-state index contributed by atoms with van der Waals surface area (Å²) < 4.78 is 27.4.